The van der Waals surface area contributed by atoms with Gasteiger partial charge in [-0.05, 0) is 43.0 Å². The molecular weight excluding hydrogens is 514 g/mol. The quantitative estimate of drug-likeness (QED) is 0.497. The molecule has 4 atom stereocenters. The molecule has 14 heteroatoms. The largest absolute Gasteiger partial charge is 0.457 e. The topological polar surface area (TPSA) is 145 Å². The number of nitrogens with zero attached hydrogens (tertiary/aromatic N) is 4. The maximum absolute atomic E-state index is 13.8. The Morgan fingerprint density at radius 2 is 2.16 bits per heavy atom. The zero-order chi connectivity index (χ0) is 27.1. The number of pyridine rings is 1. The van der Waals surface area contributed by atoms with Crippen LogP contribution < -0.4 is 15.4 Å². The fraction of sp³-hybridized carbons (Fsp3) is 0.565. The van der Waals surface area contributed by atoms with Gasteiger partial charge in [-0.25, -0.2) is 4.98 Å². The van der Waals surface area contributed by atoms with Crippen LogP contribution in [0.3, 0.4) is 0 Å². The fourth-order valence-electron chi connectivity index (χ4n) is 4.58. The fourth-order valence-corrected chi connectivity index (χ4v) is 4.63. The summed E-state index contributed by atoms with van der Waals surface area (Å²) in [4.78, 5) is 57.7. The first-order chi connectivity index (χ1) is 17.4. The van der Waals surface area contributed by atoms with Crippen molar-refractivity contribution in [1.82, 2.24) is 20.1 Å². The molecule has 37 heavy (non-hydrogen) atoms. The molecule has 1 aromatic heterocycles. The minimum Gasteiger partial charge on any atom is -0.457 e. The maximum atomic E-state index is 13.8. The third-order valence-electron chi connectivity index (χ3n) is 6.81. The van der Waals surface area contributed by atoms with E-state index in [0.717, 1.165) is 17.7 Å². The van der Waals surface area contributed by atoms with Crippen LogP contribution in [-0.4, -0.2) is 81.1 Å². The highest BCUT2D eigenvalue weighted by Crippen LogP contribution is 2.40. The normalized spacial score (nSPS) is 24.3. The molecule has 4 rings (SSSR count). The first-order valence-corrected chi connectivity index (χ1v) is 12.0. The predicted molar refractivity (Wildman–Crippen MR) is 124 cm³/mol. The average Bonchev–Trinajstić information content (AvgIpc) is 3.60. The van der Waals surface area contributed by atoms with E-state index in [0.29, 0.717) is 5.69 Å². The highest BCUT2D eigenvalue weighted by Gasteiger charge is 2.57. The minimum atomic E-state index is -4.20. The van der Waals surface area contributed by atoms with Crippen molar-refractivity contribution < 1.29 is 32.7 Å². The first-order valence-electron chi connectivity index (χ1n) is 11.7. The lowest BCUT2D eigenvalue weighted by atomic mass is 9.97. The Kier molecular flexibility index (Phi) is 6.98. The molecule has 0 bridgehead atoms. The van der Waals surface area contributed by atoms with Crippen LogP contribution in [0.1, 0.15) is 32.6 Å². The molecule has 2 aliphatic heterocycles. The maximum Gasteiger partial charge on any atom is 0.399 e. The van der Waals surface area contributed by atoms with Crippen LogP contribution in [0.5, 0.6) is 5.88 Å². The number of nitrogens with one attached hydrogen (secondary N) is 2. The third kappa shape index (κ3) is 5.29. The summed E-state index contributed by atoms with van der Waals surface area (Å²) < 4.78 is 32.1. The molecule has 0 aromatic carbocycles. The molecule has 1 spiro atoms. The predicted octanol–water partition coefficient (Wildman–Crippen LogP) is 1.24. The number of halogens is 3. The van der Waals surface area contributed by atoms with Gasteiger partial charge in [0.2, 0.25) is 23.3 Å². The number of fused-ring (bicyclic) bond motifs is 1. The number of aromatic nitrogens is 1. The highest BCUT2D eigenvalue weighted by atomic mass is 35.5. The molecule has 3 heterocycles. The second-order valence-corrected chi connectivity index (χ2v) is 10.0. The van der Waals surface area contributed by atoms with E-state index in [2.05, 4.69) is 10.3 Å². The molecule has 3 aliphatic rings. The molecule has 1 aliphatic carbocycles. The molecule has 1 aromatic rings. The van der Waals surface area contributed by atoms with E-state index in [1.165, 1.54) is 25.1 Å². The smallest absolute Gasteiger partial charge is 0.399 e. The van der Waals surface area contributed by atoms with Crippen molar-refractivity contribution in [3.63, 3.8) is 0 Å². The van der Waals surface area contributed by atoms with E-state index >= 15 is 0 Å². The van der Waals surface area contributed by atoms with Crippen molar-refractivity contribution in [2.24, 2.45) is 5.92 Å². The SMILES string of the molecule is C[C@H](NC(=O)C(F)(F)Cl)C(=O)N(C)[C@@H](CC1CC1)C(=O)N1C[C@@]2(C[C@H]1C#N)Oc1ncccc1NC2=O. The number of likely N-dealkylation sites (N-methyl/N-ethyl adjacent to an activating group) is 1. The molecule has 2 fully saturated rings. The van der Waals surface area contributed by atoms with Gasteiger partial charge in [0.1, 0.15) is 23.8 Å². The summed E-state index contributed by atoms with van der Waals surface area (Å²) in [6.07, 6.45) is 3.33. The third-order valence-corrected chi connectivity index (χ3v) is 6.98. The Morgan fingerprint density at radius 3 is 2.78 bits per heavy atom. The Labute approximate surface area is 216 Å². The summed E-state index contributed by atoms with van der Waals surface area (Å²) in [5, 5.41) is 10.2. The lowest BCUT2D eigenvalue weighted by molar-refractivity contribution is -0.148. The molecule has 0 radical (unpaired) electrons. The van der Waals surface area contributed by atoms with Crippen LogP contribution in [0.15, 0.2) is 18.3 Å². The molecule has 198 valence electrons. The second kappa shape index (κ2) is 9.74. The van der Waals surface area contributed by atoms with Gasteiger partial charge in [0.05, 0.1) is 12.6 Å². The first kappa shape index (κ1) is 26.5. The van der Waals surface area contributed by atoms with Crippen LogP contribution >= 0.6 is 11.6 Å². The average molecular weight is 539 g/mol. The Balaban J connectivity index is 1.55. The van der Waals surface area contributed by atoms with Crippen LogP contribution in [0.2, 0.25) is 0 Å². The lowest BCUT2D eigenvalue weighted by Crippen LogP contribution is -2.57. The van der Waals surface area contributed by atoms with Gasteiger partial charge in [-0.3, -0.25) is 19.2 Å². The zero-order valence-corrected chi connectivity index (χ0v) is 20.8. The van der Waals surface area contributed by atoms with Crippen LogP contribution in [0, 0.1) is 17.2 Å². The second-order valence-electron chi connectivity index (χ2n) is 9.56. The number of hydrogen-bond acceptors (Lipinski definition) is 7. The van der Waals surface area contributed by atoms with Gasteiger partial charge in [0.15, 0.2) is 0 Å². The van der Waals surface area contributed by atoms with Crippen LogP contribution in [0.25, 0.3) is 0 Å². The van der Waals surface area contributed by atoms with Crippen molar-refractivity contribution in [2.75, 3.05) is 18.9 Å². The minimum absolute atomic E-state index is 0.109. The van der Waals surface area contributed by atoms with Crippen LogP contribution in [-0.2, 0) is 19.2 Å². The van der Waals surface area contributed by atoms with Crippen molar-refractivity contribution in [3.05, 3.63) is 18.3 Å². The molecule has 1 saturated carbocycles. The van der Waals surface area contributed by atoms with E-state index in [1.807, 2.05) is 11.4 Å². The Morgan fingerprint density at radius 1 is 1.46 bits per heavy atom. The van der Waals surface area contributed by atoms with Crippen molar-refractivity contribution in [2.45, 2.75) is 61.7 Å². The lowest BCUT2D eigenvalue weighted by Gasteiger charge is -2.35. The van der Waals surface area contributed by atoms with Gasteiger partial charge in [0.25, 0.3) is 5.91 Å². The number of carbonyl (C=O) groups excluding carboxylic acids is 4. The number of likely N-dealkylation sites (tertiary alicyclic amines) is 1. The number of hydrogen-bond donors (Lipinski definition) is 2. The number of rotatable bonds is 7. The molecular formula is C23H25ClF2N6O5. The van der Waals surface area contributed by atoms with Crippen molar-refractivity contribution >= 4 is 40.9 Å². The Hall–Kier alpha value is -3.53. The number of alkyl halides is 3. The zero-order valence-electron chi connectivity index (χ0n) is 20.0. The van der Waals surface area contributed by atoms with E-state index in [-0.39, 0.29) is 31.2 Å². The van der Waals surface area contributed by atoms with E-state index in [4.69, 9.17) is 16.3 Å². The van der Waals surface area contributed by atoms with Gasteiger partial charge < -0.3 is 25.2 Å². The number of anilines is 1. The number of ether oxygens (including phenoxy) is 1. The van der Waals surface area contributed by atoms with E-state index < -0.39 is 52.7 Å². The van der Waals surface area contributed by atoms with Crippen molar-refractivity contribution in [3.8, 4) is 11.9 Å². The number of nitriles is 1. The van der Waals surface area contributed by atoms with Crippen LogP contribution in [0.4, 0.5) is 14.5 Å². The number of amides is 4. The Bertz CT molecular complexity index is 1170. The van der Waals surface area contributed by atoms with E-state index in [9.17, 15) is 33.2 Å². The summed E-state index contributed by atoms with van der Waals surface area (Å²) >= 11 is 4.72. The standard InChI is InChI=1S/C23H25ClF2N6O5/c1-12(29-21(36)23(24,25)26)18(33)31(2)16(8-13-5-6-13)19(34)32-11-22(9-14(32)10-27)20(35)30-15-4-3-7-28-17(15)37-22/h3-4,7,12-14,16H,5-6,8-9,11H2,1-2H3,(H,29,36)(H,30,35)/t12-,14-,16-,22+/m0/s1. The van der Waals surface area contributed by atoms with E-state index in [1.54, 1.807) is 12.1 Å². The molecule has 0 unspecified atom stereocenters. The van der Waals surface area contributed by atoms with Gasteiger partial charge in [-0.1, -0.05) is 12.8 Å². The van der Waals surface area contributed by atoms with Gasteiger partial charge in [-0.2, -0.15) is 14.0 Å². The monoisotopic (exact) mass is 538 g/mol. The van der Waals surface area contributed by atoms with Gasteiger partial charge in [0, 0.05) is 19.7 Å². The molecule has 1 saturated heterocycles. The van der Waals surface area contributed by atoms with Gasteiger partial charge in [-0.15, -0.1) is 0 Å². The van der Waals surface area contributed by atoms with Gasteiger partial charge >= 0.3 is 11.3 Å². The van der Waals surface area contributed by atoms with Crippen molar-refractivity contribution in [1.29, 1.82) is 5.26 Å². The summed E-state index contributed by atoms with van der Waals surface area (Å²) in [5.41, 5.74) is -1.18. The molecule has 2 N–H and O–H groups in total. The molecule has 11 nitrogen and oxygen atoms in total. The summed E-state index contributed by atoms with van der Waals surface area (Å²) in [6.45, 7) is 0.950. The molecule has 4 amide bonds. The summed E-state index contributed by atoms with van der Waals surface area (Å²) in [5.74, 6) is -3.42. The summed E-state index contributed by atoms with van der Waals surface area (Å²) in [7, 11) is 1.33. The summed E-state index contributed by atoms with van der Waals surface area (Å²) in [6, 6.07) is 1.78. The highest BCUT2D eigenvalue weighted by molar-refractivity contribution is 6.32. The number of carbonyl (C=O) groups is 4.